The molecule has 3 aliphatic carbocycles. The fraction of sp³-hybridized carbons (Fsp3) is 1.00. The van der Waals surface area contributed by atoms with Crippen LogP contribution in [0.5, 0.6) is 0 Å². The highest BCUT2D eigenvalue weighted by molar-refractivity contribution is 4.95. The first-order chi connectivity index (χ1) is 6.36. The van der Waals surface area contributed by atoms with Crippen molar-refractivity contribution in [2.24, 2.45) is 29.6 Å². The van der Waals surface area contributed by atoms with Gasteiger partial charge in [-0.1, -0.05) is 19.8 Å². The van der Waals surface area contributed by atoms with E-state index in [0.717, 1.165) is 23.7 Å². The molecule has 0 bridgehead atoms. The van der Waals surface area contributed by atoms with E-state index in [4.69, 9.17) is 0 Å². The average molecular weight is 178 g/mol. The molecule has 5 atom stereocenters. The fourth-order valence-electron chi connectivity index (χ4n) is 4.46. The quantitative estimate of drug-likeness (QED) is 0.528. The molecule has 0 amide bonds. The van der Waals surface area contributed by atoms with Gasteiger partial charge in [-0.2, -0.15) is 0 Å². The monoisotopic (exact) mass is 178 g/mol. The maximum Gasteiger partial charge on any atom is -0.0352 e. The second kappa shape index (κ2) is 3.00. The summed E-state index contributed by atoms with van der Waals surface area (Å²) in [5.74, 6) is 5.69. The molecule has 0 radical (unpaired) electrons. The lowest BCUT2D eigenvalue weighted by Gasteiger charge is -2.41. The van der Waals surface area contributed by atoms with Crippen LogP contribution in [-0.2, 0) is 0 Å². The first-order valence-electron chi connectivity index (χ1n) is 6.36. The summed E-state index contributed by atoms with van der Waals surface area (Å²) in [5.41, 5.74) is 0. The molecule has 0 aliphatic heterocycles. The Hall–Kier alpha value is 0. The summed E-state index contributed by atoms with van der Waals surface area (Å²) in [6.07, 6.45) is 11.0. The van der Waals surface area contributed by atoms with E-state index in [1.54, 1.807) is 44.9 Å². The molecule has 0 aromatic heterocycles. The lowest BCUT2D eigenvalue weighted by atomic mass is 9.65. The van der Waals surface area contributed by atoms with Crippen molar-refractivity contribution < 1.29 is 0 Å². The third-order valence-electron chi connectivity index (χ3n) is 5.37. The van der Waals surface area contributed by atoms with Crippen LogP contribution in [0.1, 0.15) is 51.9 Å². The summed E-state index contributed by atoms with van der Waals surface area (Å²) in [6.45, 7) is 2.52. The van der Waals surface area contributed by atoms with Crippen molar-refractivity contribution in [3.63, 3.8) is 0 Å². The molecular formula is C13H22. The van der Waals surface area contributed by atoms with E-state index in [-0.39, 0.29) is 0 Å². The Morgan fingerprint density at radius 1 is 0.692 bits per heavy atom. The highest BCUT2D eigenvalue weighted by Gasteiger charge is 2.45. The van der Waals surface area contributed by atoms with Crippen molar-refractivity contribution >= 4 is 0 Å². The summed E-state index contributed by atoms with van der Waals surface area (Å²) in [7, 11) is 0. The van der Waals surface area contributed by atoms with E-state index < -0.39 is 0 Å². The molecule has 0 N–H and O–H groups in total. The Kier molecular flexibility index (Phi) is 1.92. The molecule has 0 aromatic carbocycles. The van der Waals surface area contributed by atoms with Crippen LogP contribution < -0.4 is 0 Å². The van der Waals surface area contributed by atoms with Crippen molar-refractivity contribution in [3.8, 4) is 0 Å². The molecule has 3 saturated carbocycles. The molecule has 0 heteroatoms. The highest BCUT2D eigenvalue weighted by atomic mass is 14.5. The minimum absolute atomic E-state index is 1.05. The van der Waals surface area contributed by atoms with Gasteiger partial charge < -0.3 is 0 Å². The van der Waals surface area contributed by atoms with Crippen molar-refractivity contribution in [3.05, 3.63) is 0 Å². The molecule has 3 fully saturated rings. The topological polar surface area (TPSA) is 0 Å². The van der Waals surface area contributed by atoms with Crippen LogP contribution in [0.15, 0.2) is 0 Å². The van der Waals surface area contributed by atoms with Gasteiger partial charge in [0.2, 0.25) is 0 Å². The minimum Gasteiger partial charge on any atom is -0.0622 e. The third-order valence-corrected chi connectivity index (χ3v) is 5.37. The zero-order valence-corrected chi connectivity index (χ0v) is 8.84. The van der Waals surface area contributed by atoms with Gasteiger partial charge in [0.1, 0.15) is 0 Å². The molecule has 0 saturated heterocycles. The first kappa shape index (κ1) is 8.32. The van der Waals surface area contributed by atoms with Gasteiger partial charge in [0, 0.05) is 0 Å². The number of fused-ring (bicyclic) bond motifs is 3. The normalized spacial score (nSPS) is 54.7. The van der Waals surface area contributed by atoms with E-state index >= 15 is 0 Å². The van der Waals surface area contributed by atoms with Crippen LogP contribution >= 0.6 is 0 Å². The molecule has 0 nitrogen and oxygen atoms in total. The SMILES string of the molecule is CC1CCC2CCC2C2CCCC12. The zero-order chi connectivity index (χ0) is 8.84. The summed E-state index contributed by atoms with van der Waals surface area (Å²) in [4.78, 5) is 0. The molecule has 5 unspecified atom stereocenters. The average Bonchev–Trinajstić information content (AvgIpc) is 2.48. The van der Waals surface area contributed by atoms with Crippen molar-refractivity contribution in [2.45, 2.75) is 51.9 Å². The summed E-state index contributed by atoms with van der Waals surface area (Å²) in [6, 6.07) is 0. The highest BCUT2D eigenvalue weighted by Crippen LogP contribution is 2.55. The molecule has 0 heterocycles. The largest absolute Gasteiger partial charge is 0.0622 e. The van der Waals surface area contributed by atoms with E-state index in [0.29, 0.717) is 0 Å². The van der Waals surface area contributed by atoms with E-state index in [1.807, 2.05) is 0 Å². The first-order valence-corrected chi connectivity index (χ1v) is 6.36. The van der Waals surface area contributed by atoms with E-state index in [2.05, 4.69) is 6.92 Å². The van der Waals surface area contributed by atoms with Crippen molar-refractivity contribution in [1.29, 1.82) is 0 Å². The smallest absolute Gasteiger partial charge is 0.0352 e. The second-order valence-electron chi connectivity index (χ2n) is 5.81. The molecule has 13 heavy (non-hydrogen) atoms. The Morgan fingerprint density at radius 3 is 2.23 bits per heavy atom. The molecule has 0 spiro atoms. The Balaban J connectivity index is 1.82. The predicted octanol–water partition coefficient (Wildman–Crippen LogP) is 3.86. The molecule has 3 rings (SSSR count). The van der Waals surface area contributed by atoms with Crippen LogP contribution in [0.2, 0.25) is 0 Å². The Morgan fingerprint density at radius 2 is 1.46 bits per heavy atom. The summed E-state index contributed by atoms with van der Waals surface area (Å²) in [5, 5.41) is 0. The van der Waals surface area contributed by atoms with Crippen LogP contribution in [-0.4, -0.2) is 0 Å². The van der Waals surface area contributed by atoms with Gasteiger partial charge in [-0.15, -0.1) is 0 Å². The van der Waals surface area contributed by atoms with E-state index in [1.165, 1.54) is 5.92 Å². The predicted molar refractivity (Wildman–Crippen MR) is 55.4 cm³/mol. The number of hydrogen-bond acceptors (Lipinski definition) is 0. The van der Waals surface area contributed by atoms with Gasteiger partial charge >= 0.3 is 0 Å². The van der Waals surface area contributed by atoms with Crippen LogP contribution in [0.3, 0.4) is 0 Å². The maximum absolute atomic E-state index is 2.52. The Bertz CT molecular complexity index is 196. The lowest BCUT2D eigenvalue weighted by Crippen LogP contribution is -2.32. The van der Waals surface area contributed by atoms with Crippen LogP contribution in [0, 0.1) is 29.6 Å². The second-order valence-corrected chi connectivity index (χ2v) is 5.81. The minimum atomic E-state index is 1.05. The Labute approximate surface area is 82.1 Å². The van der Waals surface area contributed by atoms with Gasteiger partial charge in [0.05, 0.1) is 0 Å². The molecule has 74 valence electrons. The summed E-state index contributed by atoms with van der Waals surface area (Å²) < 4.78 is 0. The van der Waals surface area contributed by atoms with Gasteiger partial charge in [0.25, 0.3) is 0 Å². The zero-order valence-electron chi connectivity index (χ0n) is 8.84. The number of hydrogen-bond donors (Lipinski definition) is 0. The van der Waals surface area contributed by atoms with Crippen molar-refractivity contribution in [2.75, 3.05) is 0 Å². The standard InChI is InChI=1S/C13H22/c1-9-5-6-10-7-8-12(10)13-4-2-3-11(9)13/h9-13H,2-8H2,1H3. The molecule has 3 aliphatic rings. The van der Waals surface area contributed by atoms with Gasteiger partial charge in [-0.25, -0.2) is 0 Å². The van der Waals surface area contributed by atoms with Gasteiger partial charge in [-0.3, -0.25) is 0 Å². The molecular weight excluding hydrogens is 156 g/mol. The van der Waals surface area contributed by atoms with Crippen LogP contribution in [0.4, 0.5) is 0 Å². The summed E-state index contributed by atoms with van der Waals surface area (Å²) >= 11 is 0. The van der Waals surface area contributed by atoms with Gasteiger partial charge in [0.15, 0.2) is 0 Å². The van der Waals surface area contributed by atoms with Gasteiger partial charge in [-0.05, 0) is 61.7 Å². The third kappa shape index (κ3) is 1.17. The fourth-order valence-corrected chi connectivity index (χ4v) is 4.46. The van der Waals surface area contributed by atoms with Crippen molar-refractivity contribution in [1.82, 2.24) is 0 Å². The van der Waals surface area contributed by atoms with Crippen LogP contribution in [0.25, 0.3) is 0 Å². The molecule has 0 aromatic rings. The maximum atomic E-state index is 2.52. The lowest BCUT2D eigenvalue weighted by molar-refractivity contribution is 0.0894. The van der Waals surface area contributed by atoms with E-state index in [9.17, 15) is 0 Å². The number of rotatable bonds is 0.